The lowest BCUT2D eigenvalue weighted by Crippen LogP contribution is -2.19. The van der Waals surface area contributed by atoms with Crippen molar-refractivity contribution in [3.8, 4) is 0 Å². The Hall–Kier alpha value is -2.87. The third-order valence-electron chi connectivity index (χ3n) is 3.62. The molecule has 0 saturated carbocycles. The summed E-state index contributed by atoms with van der Waals surface area (Å²) in [5, 5.41) is 16.4. The van der Waals surface area contributed by atoms with Gasteiger partial charge >= 0.3 is 0 Å². The second-order valence-electron chi connectivity index (χ2n) is 5.21. The monoisotopic (exact) mass is 343 g/mol. The van der Waals surface area contributed by atoms with E-state index >= 15 is 0 Å². The minimum Gasteiger partial charge on any atom is -0.324 e. The molecule has 0 aliphatic carbocycles. The molecule has 0 atom stereocenters. The highest BCUT2D eigenvalue weighted by Crippen LogP contribution is 2.33. The Balaban J connectivity index is 1.86. The average molecular weight is 343 g/mol. The highest BCUT2D eigenvalue weighted by molar-refractivity contribution is 8.00. The summed E-state index contributed by atoms with van der Waals surface area (Å²) < 4.78 is 0. The molecule has 1 aliphatic heterocycles. The fourth-order valence-corrected chi connectivity index (χ4v) is 3.22. The van der Waals surface area contributed by atoms with Crippen LogP contribution in [0.5, 0.6) is 0 Å². The first-order valence-electron chi connectivity index (χ1n) is 7.08. The van der Waals surface area contributed by atoms with Crippen molar-refractivity contribution in [2.45, 2.75) is 11.8 Å². The number of amides is 2. The summed E-state index contributed by atoms with van der Waals surface area (Å²) in [5.41, 5.74) is 1.59. The van der Waals surface area contributed by atoms with Gasteiger partial charge in [0.1, 0.15) is 0 Å². The van der Waals surface area contributed by atoms with Crippen molar-refractivity contribution in [2.24, 2.45) is 0 Å². The summed E-state index contributed by atoms with van der Waals surface area (Å²) >= 11 is 1.43. The number of rotatable bonds is 3. The number of carbonyl (C=O) groups is 2. The maximum absolute atomic E-state index is 12.4. The van der Waals surface area contributed by atoms with Gasteiger partial charge in [-0.1, -0.05) is 6.07 Å². The van der Waals surface area contributed by atoms with Gasteiger partial charge in [-0.15, -0.1) is 11.8 Å². The zero-order chi connectivity index (χ0) is 17.3. The van der Waals surface area contributed by atoms with Crippen molar-refractivity contribution < 1.29 is 14.5 Å². The largest absolute Gasteiger partial charge is 0.324 e. The normalized spacial score (nSPS) is 13.0. The van der Waals surface area contributed by atoms with Crippen LogP contribution >= 0.6 is 11.8 Å². The van der Waals surface area contributed by atoms with Crippen molar-refractivity contribution in [2.75, 3.05) is 16.4 Å². The van der Waals surface area contributed by atoms with Crippen LogP contribution in [0, 0.1) is 17.0 Å². The van der Waals surface area contributed by atoms with E-state index in [-0.39, 0.29) is 17.2 Å². The first-order chi connectivity index (χ1) is 11.5. The van der Waals surface area contributed by atoms with Crippen molar-refractivity contribution >= 4 is 40.6 Å². The Morgan fingerprint density at radius 1 is 1.33 bits per heavy atom. The summed E-state index contributed by atoms with van der Waals surface area (Å²) in [6.07, 6.45) is 0. The third-order valence-corrected chi connectivity index (χ3v) is 4.69. The Labute approximate surface area is 141 Å². The molecular weight excluding hydrogens is 330 g/mol. The van der Waals surface area contributed by atoms with Gasteiger partial charge in [-0.05, 0) is 31.2 Å². The third kappa shape index (κ3) is 3.09. The molecular formula is C16H13N3O4S. The zero-order valence-electron chi connectivity index (χ0n) is 12.7. The fraction of sp³-hybridized carbons (Fsp3) is 0.125. The van der Waals surface area contributed by atoms with E-state index in [1.165, 1.54) is 36.9 Å². The fourth-order valence-electron chi connectivity index (χ4n) is 2.43. The van der Waals surface area contributed by atoms with E-state index in [1.54, 1.807) is 12.1 Å². The van der Waals surface area contributed by atoms with Gasteiger partial charge in [0.05, 0.1) is 16.4 Å². The maximum atomic E-state index is 12.4. The summed E-state index contributed by atoms with van der Waals surface area (Å²) in [7, 11) is 0. The minimum atomic E-state index is -0.516. The molecule has 3 rings (SSSR count). The maximum Gasteiger partial charge on any atom is 0.273 e. The molecule has 7 nitrogen and oxygen atoms in total. The topological polar surface area (TPSA) is 101 Å². The molecule has 0 saturated heterocycles. The molecule has 8 heteroatoms. The van der Waals surface area contributed by atoms with Gasteiger partial charge in [0.2, 0.25) is 5.91 Å². The van der Waals surface area contributed by atoms with E-state index in [0.29, 0.717) is 22.7 Å². The van der Waals surface area contributed by atoms with Crippen LogP contribution in [0.1, 0.15) is 15.9 Å². The molecule has 0 bridgehead atoms. The van der Waals surface area contributed by atoms with E-state index < -0.39 is 10.8 Å². The van der Waals surface area contributed by atoms with Crippen LogP contribution in [0.4, 0.5) is 17.1 Å². The molecule has 0 aromatic heterocycles. The molecule has 0 radical (unpaired) electrons. The number of thioether (sulfide) groups is 1. The van der Waals surface area contributed by atoms with Crippen LogP contribution in [-0.4, -0.2) is 22.5 Å². The van der Waals surface area contributed by atoms with Crippen LogP contribution in [0.15, 0.2) is 41.3 Å². The molecule has 1 heterocycles. The number of nitrogens with zero attached hydrogens (tertiary/aromatic N) is 1. The molecule has 0 unspecified atom stereocenters. The smallest absolute Gasteiger partial charge is 0.273 e. The predicted molar refractivity (Wildman–Crippen MR) is 91.6 cm³/mol. The summed E-state index contributed by atoms with van der Waals surface area (Å²) in [4.78, 5) is 35.3. The molecule has 2 aromatic rings. The number of carbonyl (C=O) groups excluding carboxylic acids is 2. The van der Waals surface area contributed by atoms with Crippen molar-refractivity contribution in [3.63, 3.8) is 0 Å². The van der Waals surface area contributed by atoms with Crippen LogP contribution in [0.3, 0.4) is 0 Å². The standard InChI is InChI=1S/C16H13N3O4S/c1-9-11(3-2-4-13(9)19(22)23)16(21)17-10-5-6-14-12(7-10)18-15(20)8-24-14/h2-7H,8H2,1H3,(H,17,21)(H,18,20). The summed E-state index contributed by atoms with van der Waals surface area (Å²) in [6, 6.07) is 9.59. The first kappa shape index (κ1) is 16.0. The minimum absolute atomic E-state index is 0.0921. The second-order valence-corrected chi connectivity index (χ2v) is 6.23. The van der Waals surface area contributed by atoms with Crippen molar-refractivity contribution in [3.05, 3.63) is 57.6 Å². The van der Waals surface area contributed by atoms with E-state index in [2.05, 4.69) is 10.6 Å². The Bertz CT molecular complexity index is 866. The Morgan fingerprint density at radius 3 is 2.88 bits per heavy atom. The van der Waals surface area contributed by atoms with Gasteiger partial charge in [-0.25, -0.2) is 0 Å². The average Bonchev–Trinajstić information content (AvgIpc) is 2.54. The number of benzene rings is 2. The number of fused-ring (bicyclic) bond motifs is 1. The van der Waals surface area contributed by atoms with Gasteiger partial charge < -0.3 is 10.6 Å². The Kier molecular flexibility index (Phi) is 4.22. The number of hydrogen-bond acceptors (Lipinski definition) is 5. The zero-order valence-corrected chi connectivity index (χ0v) is 13.5. The van der Waals surface area contributed by atoms with Gasteiger partial charge in [-0.3, -0.25) is 19.7 Å². The summed E-state index contributed by atoms with van der Waals surface area (Å²) in [6.45, 7) is 1.54. The number of anilines is 2. The van der Waals surface area contributed by atoms with Crippen molar-refractivity contribution in [1.82, 2.24) is 0 Å². The van der Waals surface area contributed by atoms with Gasteiger partial charge in [0.15, 0.2) is 0 Å². The number of nitrogens with one attached hydrogen (secondary N) is 2. The Morgan fingerprint density at radius 2 is 2.12 bits per heavy atom. The summed E-state index contributed by atoms with van der Waals surface area (Å²) in [5.74, 6) is -0.164. The van der Waals surface area contributed by atoms with Crippen LogP contribution in [0.2, 0.25) is 0 Å². The number of nitro groups is 1. The molecule has 24 heavy (non-hydrogen) atoms. The van der Waals surface area contributed by atoms with Crippen LogP contribution in [-0.2, 0) is 4.79 Å². The molecule has 0 fully saturated rings. The lowest BCUT2D eigenvalue weighted by atomic mass is 10.1. The molecule has 2 amide bonds. The predicted octanol–water partition coefficient (Wildman–Crippen LogP) is 3.20. The van der Waals surface area contributed by atoms with E-state index in [0.717, 1.165) is 4.90 Å². The number of hydrogen-bond donors (Lipinski definition) is 2. The lowest BCUT2D eigenvalue weighted by molar-refractivity contribution is -0.385. The second kappa shape index (κ2) is 6.32. The van der Waals surface area contributed by atoms with E-state index in [1.807, 2.05) is 6.07 Å². The molecule has 2 N–H and O–H groups in total. The van der Waals surface area contributed by atoms with E-state index in [9.17, 15) is 19.7 Å². The van der Waals surface area contributed by atoms with Gasteiger partial charge in [0.25, 0.3) is 11.6 Å². The van der Waals surface area contributed by atoms with Crippen molar-refractivity contribution in [1.29, 1.82) is 0 Å². The van der Waals surface area contributed by atoms with Gasteiger partial charge in [0, 0.05) is 27.8 Å². The molecule has 2 aromatic carbocycles. The molecule has 122 valence electrons. The van der Waals surface area contributed by atoms with Crippen LogP contribution in [0.25, 0.3) is 0 Å². The van der Waals surface area contributed by atoms with E-state index in [4.69, 9.17) is 0 Å². The molecule has 1 aliphatic rings. The van der Waals surface area contributed by atoms with Gasteiger partial charge in [-0.2, -0.15) is 0 Å². The van der Waals surface area contributed by atoms with Crippen LogP contribution < -0.4 is 10.6 Å². The lowest BCUT2D eigenvalue weighted by Gasteiger charge is -2.17. The quantitative estimate of drug-likeness (QED) is 0.658. The highest BCUT2D eigenvalue weighted by Gasteiger charge is 2.19. The molecule has 0 spiro atoms. The highest BCUT2D eigenvalue weighted by atomic mass is 32.2. The SMILES string of the molecule is Cc1c(C(=O)Nc2ccc3c(c2)NC(=O)CS3)cccc1[N+](=O)[O-]. The number of nitro benzene ring substituents is 1. The first-order valence-corrected chi connectivity index (χ1v) is 8.06.